The average Bonchev–Trinajstić information content (AvgIpc) is 3.15. The maximum Gasteiger partial charge on any atom is 0.329 e. The SMILES string of the molecule is O=C(O)CSc1cnc(NC(=O)NC(=O)N(C2CCCCC2)C2CCCCC2)s1. The summed E-state index contributed by atoms with van der Waals surface area (Å²) in [7, 11) is 0. The van der Waals surface area contributed by atoms with Crippen LogP contribution < -0.4 is 10.6 Å². The summed E-state index contributed by atoms with van der Waals surface area (Å²) < 4.78 is 0.695. The van der Waals surface area contributed by atoms with E-state index < -0.39 is 12.0 Å². The molecule has 1 heterocycles. The molecule has 3 N–H and O–H groups in total. The van der Waals surface area contributed by atoms with Crippen LogP contribution in [0.4, 0.5) is 14.7 Å². The van der Waals surface area contributed by atoms with Crippen molar-refractivity contribution in [3.63, 3.8) is 0 Å². The van der Waals surface area contributed by atoms with Crippen molar-refractivity contribution in [1.29, 1.82) is 0 Å². The van der Waals surface area contributed by atoms with Gasteiger partial charge in [-0.2, -0.15) is 0 Å². The zero-order chi connectivity index (χ0) is 20.6. The van der Waals surface area contributed by atoms with E-state index in [1.165, 1.54) is 30.4 Å². The van der Waals surface area contributed by atoms with Crippen LogP contribution in [-0.4, -0.2) is 50.9 Å². The number of rotatable bonds is 6. The van der Waals surface area contributed by atoms with Gasteiger partial charge in [0.1, 0.15) is 0 Å². The van der Waals surface area contributed by atoms with Gasteiger partial charge in [-0.3, -0.25) is 15.4 Å². The van der Waals surface area contributed by atoms with E-state index in [1.807, 2.05) is 4.90 Å². The molecule has 0 unspecified atom stereocenters. The first-order valence-corrected chi connectivity index (χ1v) is 12.0. The number of carbonyl (C=O) groups is 3. The fraction of sp³-hybridized carbons (Fsp3) is 0.684. The fourth-order valence-electron chi connectivity index (χ4n) is 4.15. The van der Waals surface area contributed by atoms with Crippen molar-refractivity contribution in [2.24, 2.45) is 0 Å². The van der Waals surface area contributed by atoms with Gasteiger partial charge in [-0.1, -0.05) is 49.9 Å². The van der Waals surface area contributed by atoms with Crippen LogP contribution in [0.2, 0.25) is 0 Å². The first-order valence-electron chi connectivity index (χ1n) is 10.2. The predicted octanol–water partition coefficient (Wildman–Crippen LogP) is 4.53. The van der Waals surface area contributed by atoms with Gasteiger partial charge in [0.25, 0.3) is 0 Å². The van der Waals surface area contributed by atoms with Crippen molar-refractivity contribution in [3.8, 4) is 0 Å². The molecule has 2 saturated carbocycles. The number of urea groups is 2. The highest BCUT2D eigenvalue weighted by Crippen LogP contribution is 2.31. The number of amides is 4. The molecule has 8 nitrogen and oxygen atoms in total. The number of aliphatic carboxylic acids is 1. The summed E-state index contributed by atoms with van der Waals surface area (Å²) in [5.74, 6) is -0.976. The van der Waals surface area contributed by atoms with Gasteiger partial charge in [-0.15, -0.1) is 11.8 Å². The van der Waals surface area contributed by atoms with Gasteiger partial charge in [-0.25, -0.2) is 14.6 Å². The lowest BCUT2D eigenvalue weighted by Gasteiger charge is -2.41. The number of hydrogen-bond donors (Lipinski definition) is 3. The Morgan fingerprint density at radius 2 is 1.66 bits per heavy atom. The van der Waals surface area contributed by atoms with E-state index in [9.17, 15) is 14.4 Å². The molecule has 3 rings (SSSR count). The number of carboxylic acids is 1. The number of thiazole rings is 1. The van der Waals surface area contributed by atoms with Gasteiger partial charge in [-0.05, 0) is 25.7 Å². The zero-order valence-corrected chi connectivity index (χ0v) is 18.0. The van der Waals surface area contributed by atoms with E-state index in [1.54, 1.807) is 0 Å². The lowest BCUT2D eigenvalue weighted by Crippen LogP contribution is -2.54. The number of carboxylic acid groups (broad SMARTS) is 1. The van der Waals surface area contributed by atoms with Crippen molar-refractivity contribution in [2.75, 3.05) is 11.1 Å². The van der Waals surface area contributed by atoms with Gasteiger partial charge in [0.05, 0.1) is 16.2 Å². The molecular formula is C19H28N4O4S2. The molecule has 29 heavy (non-hydrogen) atoms. The Morgan fingerprint density at radius 1 is 1.07 bits per heavy atom. The highest BCUT2D eigenvalue weighted by Gasteiger charge is 2.33. The molecule has 1 aromatic rings. The quantitative estimate of drug-likeness (QED) is 0.561. The maximum absolute atomic E-state index is 13.0. The fourth-order valence-corrected chi connectivity index (χ4v) is 5.74. The minimum atomic E-state index is -0.910. The Labute approximate surface area is 178 Å². The zero-order valence-electron chi connectivity index (χ0n) is 16.4. The minimum absolute atomic E-state index is 0.0654. The number of nitrogens with zero attached hydrogens (tertiary/aromatic N) is 2. The highest BCUT2D eigenvalue weighted by atomic mass is 32.2. The second-order valence-corrected chi connectivity index (χ2v) is 9.85. The lowest BCUT2D eigenvalue weighted by molar-refractivity contribution is -0.133. The summed E-state index contributed by atoms with van der Waals surface area (Å²) in [6.07, 6.45) is 12.5. The van der Waals surface area contributed by atoms with Gasteiger partial charge < -0.3 is 10.0 Å². The van der Waals surface area contributed by atoms with Gasteiger partial charge in [0.15, 0.2) is 5.13 Å². The predicted molar refractivity (Wildman–Crippen MR) is 114 cm³/mol. The molecule has 0 atom stereocenters. The number of thioether (sulfide) groups is 1. The molecule has 10 heteroatoms. The van der Waals surface area contributed by atoms with Crippen LogP contribution in [0.15, 0.2) is 10.4 Å². The third-order valence-corrected chi connectivity index (χ3v) is 7.53. The molecule has 160 valence electrons. The molecule has 0 bridgehead atoms. The molecule has 2 aliphatic carbocycles. The number of nitrogens with one attached hydrogen (secondary N) is 2. The van der Waals surface area contributed by atoms with E-state index in [4.69, 9.17) is 5.11 Å². The topological polar surface area (TPSA) is 112 Å². The molecule has 0 aliphatic heterocycles. The van der Waals surface area contributed by atoms with Crippen molar-refractivity contribution in [1.82, 2.24) is 15.2 Å². The first-order chi connectivity index (χ1) is 14.0. The number of aromatic nitrogens is 1. The van der Waals surface area contributed by atoms with Crippen molar-refractivity contribution in [3.05, 3.63) is 6.20 Å². The lowest BCUT2D eigenvalue weighted by atomic mass is 9.89. The highest BCUT2D eigenvalue weighted by molar-refractivity contribution is 8.01. The van der Waals surface area contributed by atoms with Crippen LogP contribution in [0.3, 0.4) is 0 Å². The van der Waals surface area contributed by atoms with Crippen LogP contribution in [0.5, 0.6) is 0 Å². The van der Waals surface area contributed by atoms with Crippen LogP contribution in [0, 0.1) is 0 Å². The number of hydrogen-bond acceptors (Lipinski definition) is 6. The van der Waals surface area contributed by atoms with Gasteiger partial charge >= 0.3 is 18.0 Å². The van der Waals surface area contributed by atoms with Crippen molar-refractivity contribution < 1.29 is 19.5 Å². The summed E-state index contributed by atoms with van der Waals surface area (Å²) in [4.78, 5) is 42.0. The third-order valence-electron chi connectivity index (χ3n) is 5.43. The summed E-state index contributed by atoms with van der Waals surface area (Å²) in [6, 6.07) is -0.508. The Kier molecular flexibility index (Phi) is 8.17. The molecule has 0 spiro atoms. The molecule has 2 fully saturated rings. The molecule has 2 aliphatic rings. The number of carbonyl (C=O) groups excluding carboxylic acids is 2. The van der Waals surface area contributed by atoms with Gasteiger partial charge in [0, 0.05) is 12.1 Å². The molecule has 0 radical (unpaired) electrons. The summed E-state index contributed by atoms with van der Waals surface area (Å²) in [5, 5.41) is 14.1. The Bertz CT molecular complexity index is 697. The van der Waals surface area contributed by atoms with Crippen molar-refractivity contribution >= 4 is 46.3 Å². The maximum atomic E-state index is 13.0. The molecule has 0 aromatic carbocycles. The Morgan fingerprint density at radius 3 is 2.21 bits per heavy atom. The second-order valence-electron chi connectivity index (χ2n) is 7.54. The summed E-state index contributed by atoms with van der Waals surface area (Å²) in [6.45, 7) is 0. The minimum Gasteiger partial charge on any atom is -0.481 e. The van der Waals surface area contributed by atoms with E-state index >= 15 is 0 Å². The van der Waals surface area contributed by atoms with E-state index in [0.29, 0.717) is 9.34 Å². The van der Waals surface area contributed by atoms with E-state index in [-0.39, 0.29) is 23.9 Å². The summed E-state index contributed by atoms with van der Waals surface area (Å²) in [5.41, 5.74) is 0. The molecule has 4 amide bonds. The standard InChI is InChI=1S/C19H28N4O4S2/c24-15(25)12-28-16-11-20-18(29-16)21-17(26)22-19(27)23(13-7-3-1-4-8-13)14-9-5-2-6-10-14/h11,13-14H,1-10,12H2,(H,24,25)(H2,20,21,22,26,27). The summed E-state index contributed by atoms with van der Waals surface area (Å²) >= 11 is 2.33. The molecular weight excluding hydrogens is 412 g/mol. The Hall–Kier alpha value is -1.81. The van der Waals surface area contributed by atoms with Gasteiger partial charge in [0.2, 0.25) is 0 Å². The van der Waals surface area contributed by atoms with E-state index in [2.05, 4.69) is 15.6 Å². The van der Waals surface area contributed by atoms with Crippen LogP contribution >= 0.6 is 23.1 Å². The van der Waals surface area contributed by atoms with Crippen molar-refractivity contribution in [2.45, 2.75) is 80.5 Å². The first kappa shape index (κ1) is 21.9. The van der Waals surface area contributed by atoms with Crippen LogP contribution in [-0.2, 0) is 4.79 Å². The number of imide groups is 1. The van der Waals surface area contributed by atoms with Crippen LogP contribution in [0.1, 0.15) is 64.2 Å². The molecule has 0 saturated heterocycles. The average molecular weight is 441 g/mol. The van der Waals surface area contributed by atoms with E-state index in [0.717, 1.165) is 63.1 Å². The molecule has 1 aromatic heterocycles. The second kappa shape index (κ2) is 10.8. The largest absolute Gasteiger partial charge is 0.481 e. The smallest absolute Gasteiger partial charge is 0.329 e. The van der Waals surface area contributed by atoms with Crippen LogP contribution in [0.25, 0.3) is 0 Å². The third kappa shape index (κ3) is 6.60. The normalized spacial score (nSPS) is 18.2. The Balaban J connectivity index is 1.57. The number of anilines is 1. The monoisotopic (exact) mass is 440 g/mol.